The molecule has 17 heteroatoms. The van der Waals surface area contributed by atoms with Crippen molar-refractivity contribution in [2.45, 2.75) is 43.4 Å². The predicted octanol–water partition coefficient (Wildman–Crippen LogP) is 5.51. The van der Waals surface area contributed by atoms with Gasteiger partial charge in [-0.05, 0) is 73.4 Å². The Kier molecular flexibility index (Phi) is 11.0. The van der Waals surface area contributed by atoms with Crippen molar-refractivity contribution in [3.63, 3.8) is 0 Å². The summed E-state index contributed by atoms with van der Waals surface area (Å²) in [6.45, 7) is -1.63. The molecule has 1 aliphatic rings. The van der Waals surface area contributed by atoms with E-state index in [0.717, 1.165) is 10.5 Å². The van der Waals surface area contributed by atoms with E-state index in [1.807, 2.05) is 12.1 Å². The highest BCUT2D eigenvalue weighted by atomic mass is 35.5. The zero-order chi connectivity index (χ0) is 36.8. The normalized spacial score (nSPS) is 13.7. The maximum Gasteiger partial charge on any atom is 0.422 e. The molecule has 0 unspecified atom stereocenters. The number of rotatable bonds is 15. The molecule has 0 saturated heterocycles. The van der Waals surface area contributed by atoms with Crippen molar-refractivity contribution in [1.82, 2.24) is 20.3 Å². The minimum absolute atomic E-state index is 0.0419. The molecule has 1 atom stereocenters. The van der Waals surface area contributed by atoms with Crippen LogP contribution in [0.15, 0.2) is 78.9 Å². The topological polar surface area (TPSA) is 176 Å². The molecule has 0 aliphatic heterocycles. The molecule has 0 radical (unpaired) electrons. The van der Waals surface area contributed by atoms with E-state index in [9.17, 15) is 37.5 Å². The number of carbonyl (C=O) groups is 4. The number of carbonyl (C=O) groups excluding carboxylic acids is 3. The number of para-hydroxylation sites is 1. The van der Waals surface area contributed by atoms with Gasteiger partial charge in [-0.25, -0.2) is 4.79 Å². The Labute approximate surface area is 294 Å². The van der Waals surface area contributed by atoms with E-state index in [-0.39, 0.29) is 23.9 Å². The molecule has 1 saturated carbocycles. The molecular formula is C34H31ClF3N7O6. The second-order valence-corrected chi connectivity index (χ2v) is 12.0. The fourth-order valence-electron chi connectivity index (χ4n) is 4.94. The van der Waals surface area contributed by atoms with Gasteiger partial charge in [0.15, 0.2) is 6.61 Å². The van der Waals surface area contributed by atoms with E-state index < -0.39 is 60.4 Å². The van der Waals surface area contributed by atoms with Crippen molar-refractivity contribution in [3.8, 4) is 6.01 Å². The molecule has 1 fully saturated rings. The van der Waals surface area contributed by atoms with Gasteiger partial charge in [0.25, 0.3) is 11.8 Å². The smallest absolute Gasteiger partial charge is 0.422 e. The summed E-state index contributed by atoms with van der Waals surface area (Å²) in [4.78, 5) is 63.2. The quantitative estimate of drug-likeness (QED) is 0.114. The molecule has 4 aromatic rings. The van der Waals surface area contributed by atoms with Crippen LogP contribution in [-0.2, 0) is 19.9 Å². The largest absolute Gasteiger partial charge is 0.480 e. The molecule has 1 heterocycles. The summed E-state index contributed by atoms with van der Waals surface area (Å²) in [5, 5.41) is 18.6. The minimum atomic E-state index is -4.64. The number of ketones is 1. The second kappa shape index (κ2) is 15.4. The number of amides is 2. The molecule has 2 amide bonds. The molecule has 3 aromatic carbocycles. The molecule has 5 rings (SSSR count). The van der Waals surface area contributed by atoms with Crippen LogP contribution in [0.3, 0.4) is 0 Å². The number of alkyl halides is 3. The van der Waals surface area contributed by atoms with Crippen LogP contribution in [0.4, 0.5) is 36.4 Å². The third-order valence-electron chi connectivity index (χ3n) is 7.83. The van der Waals surface area contributed by atoms with Crippen LogP contribution >= 0.6 is 11.6 Å². The number of halogens is 4. The van der Waals surface area contributed by atoms with Gasteiger partial charge >= 0.3 is 18.2 Å². The lowest BCUT2D eigenvalue weighted by Crippen LogP contribution is -2.42. The number of ether oxygens (including phenoxy) is 1. The van der Waals surface area contributed by atoms with Gasteiger partial charge in [0.2, 0.25) is 17.7 Å². The molecule has 4 N–H and O–H groups in total. The molecule has 1 aromatic heterocycles. The fraction of sp³-hybridized carbons (Fsp3) is 0.265. The molecule has 51 heavy (non-hydrogen) atoms. The van der Waals surface area contributed by atoms with Crippen molar-refractivity contribution < 1.29 is 42.2 Å². The first-order valence-electron chi connectivity index (χ1n) is 15.5. The number of hydrogen-bond donors (Lipinski definition) is 4. The lowest BCUT2D eigenvalue weighted by Gasteiger charge is -2.19. The van der Waals surface area contributed by atoms with Gasteiger partial charge < -0.3 is 30.7 Å². The zero-order valence-corrected chi connectivity index (χ0v) is 27.7. The van der Waals surface area contributed by atoms with E-state index in [1.54, 1.807) is 42.5 Å². The maximum absolute atomic E-state index is 12.9. The van der Waals surface area contributed by atoms with Crippen LogP contribution in [-0.4, -0.2) is 69.5 Å². The van der Waals surface area contributed by atoms with Crippen molar-refractivity contribution in [2.24, 2.45) is 0 Å². The molecule has 1 aliphatic carbocycles. The summed E-state index contributed by atoms with van der Waals surface area (Å²) in [5.41, 5.74) is 1.19. The first-order valence-corrected chi connectivity index (χ1v) is 15.9. The monoisotopic (exact) mass is 725 g/mol. The van der Waals surface area contributed by atoms with E-state index >= 15 is 0 Å². The Morgan fingerprint density at radius 3 is 2.20 bits per heavy atom. The predicted molar refractivity (Wildman–Crippen MR) is 180 cm³/mol. The van der Waals surface area contributed by atoms with Crippen LogP contribution in [0.1, 0.15) is 41.6 Å². The van der Waals surface area contributed by atoms with Crippen LogP contribution in [0.25, 0.3) is 0 Å². The number of aromatic nitrogens is 3. The number of nitrogens with one attached hydrogen (secondary N) is 3. The minimum Gasteiger partial charge on any atom is -0.480 e. The highest BCUT2D eigenvalue weighted by molar-refractivity contribution is 6.41. The number of Topliss-reactive ketones (excluding diaryl/α,β-unsaturated/α-hetero) is 1. The molecule has 266 valence electrons. The third kappa shape index (κ3) is 9.91. The van der Waals surface area contributed by atoms with Gasteiger partial charge in [-0.15, -0.1) is 0 Å². The highest BCUT2D eigenvalue weighted by Crippen LogP contribution is 2.48. The van der Waals surface area contributed by atoms with Crippen molar-refractivity contribution in [1.29, 1.82) is 0 Å². The van der Waals surface area contributed by atoms with Gasteiger partial charge in [0, 0.05) is 35.4 Å². The van der Waals surface area contributed by atoms with Gasteiger partial charge in [0.05, 0.1) is 5.54 Å². The summed E-state index contributed by atoms with van der Waals surface area (Å²) in [6, 6.07) is 19.1. The SMILES string of the molecule is CN(C(=O)C(=O)CC[C@H](NC(=O)c1ccc(Nc2nc(NC3(c4ccc(Cl)cc4)CC3)nc(OCC(F)(F)F)n2)cc1)C(=O)O)c1ccccc1. The molecule has 13 nitrogen and oxygen atoms in total. The van der Waals surface area contributed by atoms with Crippen molar-refractivity contribution in [3.05, 3.63) is 95.0 Å². The standard InChI is InChI=1S/C34H31ClF3N7O6/c1-45(24-5-3-2-4-6-24)28(48)26(46)16-15-25(29(49)50)40-27(47)20-7-13-23(14-8-20)39-30-41-31(43-32(42-30)51-19-34(36,37)38)44-33(17-18-33)21-9-11-22(35)12-10-21/h2-14,25H,15-19H2,1H3,(H,40,47)(H,49,50)(H2,39,41,42,43,44)/t25-/m0/s1. The number of nitrogens with zero attached hydrogens (tertiary/aromatic N) is 4. The van der Waals surface area contributed by atoms with E-state index in [0.29, 0.717) is 29.2 Å². The zero-order valence-electron chi connectivity index (χ0n) is 26.9. The Balaban J connectivity index is 1.23. The Morgan fingerprint density at radius 1 is 0.941 bits per heavy atom. The summed E-state index contributed by atoms with van der Waals surface area (Å²) in [5.74, 6) is -4.01. The Morgan fingerprint density at radius 2 is 1.59 bits per heavy atom. The molecular weight excluding hydrogens is 695 g/mol. The van der Waals surface area contributed by atoms with Crippen LogP contribution in [0.5, 0.6) is 6.01 Å². The Hall–Kier alpha value is -5.77. The van der Waals surface area contributed by atoms with Crippen LogP contribution in [0.2, 0.25) is 5.02 Å². The summed E-state index contributed by atoms with van der Waals surface area (Å²) in [7, 11) is 1.42. The maximum atomic E-state index is 12.9. The van der Waals surface area contributed by atoms with E-state index in [1.165, 1.54) is 31.3 Å². The number of benzene rings is 3. The number of carboxylic acids is 1. The lowest BCUT2D eigenvalue weighted by atomic mass is 10.1. The first kappa shape index (κ1) is 36.5. The fourth-order valence-corrected chi connectivity index (χ4v) is 5.07. The summed E-state index contributed by atoms with van der Waals surface area (Å²) < 4.78 is 43.5. The van der Waals surface area contributed by atoms with E-state index in [4.69, 9.17) is 16.3 Å². The van der Waals surface area contributed by atoms with Gasteiger partial charge in [-0.3, -0.25) is 14.4 Å². The van der Waals surface area contributed by atoms with Crippen LogP contribution in [0, 0.1) is 0 Å². The number of anilines is 4. The average Bonchev–Trinajstić information content (AvgIpc) is 3.89. The number of aliphatic carboxylic acids is 1. The number of hydrogen-bond acceptors (Lipinski definition) is 10. The Bertz CT molecular complexity index is 1890. The lowest BCUT2D eigenvalue weighted by molar-refractivity contribution is -0.154. The van der Waals surface area contributed by atoms with Gasteiger partial charge in [-0.2, -0.15) is 28.1 Å². The average molecular weight is 726 g/mol. The second-order valence-electron chi connectivity index (χ2n) is 11.6. The van der Waals surface area contributed by atoms with Crippen molar-refractivity contribution in [2.75, 3.05) is 29.2 Å². The number of carboxylic acid groups (broad SMARTS) is 1. The van der Waals surface area contributed by atoms with Crippen molar-refractivity contribution >= 4 is 58.4 Å². The van der Waals surface area contributed by atoms with E-state index in [2.05, 4.69) is 30.9 Å². The van der Waals surface area contributed by atoms with Crippen LogP contribution < -0.4 is 25.6 Å². The summed E-state index contributed by atoms with van der Waals surface area (Å²) >= 11 is 6.01. The third-order valence-corrected chi connectivity index (χ3v) is 8.08. The number of likely N-dealkylation sites (N-methyl/N-ethyl adjacent to an activating group) is 1. The first-order chi connectivity index (χ1) is 24.2. The molecule has 0 spiro atoms. The highest BCUT2D eigenvalue weighted by Gasteiger charge is 2.45. The van der Waals surface area contributed by atoms with Gasteiger partial charge in [0.1, 0.15) is 6.04 Å². The summed E-state index contributed by atoms with van der Waals surface area (Å²) in [6.07, 6.45) is -3.99. The molecule has 0 bridgehead atoms. The van der Waals surface area contributed by atoms with Gasteiger partial charge in [-0.1, -0.05) is 41.9 Å².